The summed E-state index contributed by atoms with van der Waals surface area (Å²) in [6.45, 7) is 5.62. The van der Waals surface area contributed by atoms with E-state index < -0.39 is 0 Å². The molecule has 1 heterocycles. The van der Waals surface area contributed by atoms with E-state index in [1.165, 1.54) is 5.06 Å². The van der Waals surface area contributed by atoms with Crippen LogP contribution in [0.4, 0.5) is 0 Å². The van der Waals surface area contributed by atoms with E-state index in [9.17, 15) is 0 Å². The number of hydrogen-bond acceptors (Lipinski definition) is 4. The van der Waals surface area contributed by atoms with E-state index in [-0.39, 0.29) is 0 Å². The van der Waals surface area contributed by atoms with Crippen molar-refractivity contribution in [3.05, 3.63) is 24.1 Å². The summed E-state index contributed by atoms with van der Waals surface area (Å²) < 4.78 is 4.89. The Morgan fingerprint density at radius 2 is 2.42 bits per heavy atom. The van der Waals surface area contributed by atoms with Gasteiger partial charge in [-0.2, -0.15) is 0 Å². The van der Waals surface area contributed by atoms with E-state index in [1.54, 1.807) is 20.2 Å². The lowest BCUT2D eigenvalue weighted by molar-refractivity contribution is -0.0528. The van der Waals surface area contributed by atoms with Crippen molar-refractivity contribution in [1.82, 2.24) is 10.2 Å². The predicted molar refractivity (Wildman–Crippen MR) is 45.0 cm³/mol. The summed E-state index contributed by atoms with van der Waals surface area (Å²) >= 11 is 0. The fraction of sp³-hybridized carbons (Fsp3) is 0.375. The van der Waals surface area contributed by atoms with Crippen LogP contribution in [0.25, 0.3) is 5.70 Å². The highest BCUT2D eigenvalue weighted by molar-refractivity contribution is 5.56. The Morgan fingerprint density at radius 3 is 2.83 bits per heavy atom. The van der Waals surface area contributed by atoms with Crippen LogP contribution in [-0.2, 0) is 4.84 Å². The van der Waals surface area contributed by atoms with Crippen LogP contribution in [0.15, 0.2) is 17.2 Å². The first-order chi connectivity index (χ1) is 5.65. The van der Waals surface area contributed by atoms with Crippen LogP contribution in [0.5, 0.6) is 0 Å². The zero-order valence-electron chi connectivity index (χ0n) is 7.50. The molecule has 0 unspecified atom stereocenters. The van der Waals surface area contributed by atoms with Crippen molar-refractivity contribution in [3.8, 4) is 0 Å². The van der Waals surface area contributed by atoms with Gasteiger partial charge in [0.1, 0.15) is 11.5 Å². The first-order valence-corrected chi connectivity index (χ1v) is 3.55. The van der Waals surface area contributed by atoms with E-state index in [0.717, 1.165) is 5.76 Å². The summed E-state index contributed by atoms with van der Waals surface area (Å²) in [6, 6.07) is 1.80. The SMILES string of the molecule is C=C(c1cc(C)on1)N(C)OC. The molecule has 0 aromatic carbocycles. The minimum Gasteiger partial charge on any atom is -0.361 e. The van der Waals surface area contributed by atoms with Crippen molar-refractivity contribution in [2.75, 3.05) is 14.2 Å². The molecule has 0 saturated heterocycles. The molecule has 0 aliphatic rings. The molecule has 1 aromatic rings. The van der Waals surface area contributed by atoms with Crippen molar-refractivity contribution in [3.63, 3.8) is 0 Å². The fourth-order valence-electron chi connectivity index (χ4n) is 0.774. The lowest BCUT2D eigenvalue weighted by atomic mass is 10.3. The molecule has 0 aliphatic carbocycles. The maximum Gasteiger partial charge on any atom is 0.134 e. The quantitative estimate of drug-likeness (QED) is 0.640. The van der Waals surface area contributed by atoms with Crippen LogP contribution in [0, 0.1) is 6.92 Å². The molecule has 1 rings (SSSR count). The number of nitrogens with zero attached hydrogens (tertiary/aromatic N) is 2. The third-order valence-electron chi connectivity index (χ3n) is 1.58. The Balaban J connectivity index is 2.78. The largest absolute Gasteiger partial charge is 0.361 e. The summed E-state index contributed by atoms with van der Waals surface area (Å²) in [4.78, 5) is 4.93. The van der Waals surface area contributed by atoms with Gasteiger partial charge in [0.2, 0.25) is 0 Å². The molecule has 0 spiro atoms. The molecule has 0 bridgehead atoms. The minimum absolute atomic E-state index is 0.675. The topological polar surface area (TPSA) is 38.5 Å². The van der Waals surface area contributed by atoms with Gasteiger partial charge in [0.25, 0.3) is 0 Å². The highest BCUT2D eigenvalue weighted by atomic mass is 16.7. The monoisotopic (exact) mass is 168 g/mol. The van der Waals surface area contributed by atoms with E-state index in [1.807, 2.05) is 6.92 Å². The second-order valence-electron chi connectivity index (χ2n) is 2.45. The number of hydrogen-bond donors (Lipinski definition) is 0. The number of rotatable bonds is 3. The van der Waals surface area contributed by atoms with Gasteiger partial charge in [-0.25, -0.2) is 0 Å². The van der Waals surface area contributed by atoms with E-state index in [4.69, 9.17) is 9.36 Å². The molecular weight excluding hydrogens is 156 g/mol. The van der Waals surface area contributed by atoms with Gasteiger partial charge in [-0.1, -0.05) is 11.7 Å². The van der Waals surface area contributed by atoms with Gasteiger partial charge in [0.05, 0.1) is 12.8 Å². The van der Waals surface area contributed by atoms with Crippen LogP contribution < -0.4 is 0 Å². The van der Waals surface area contributed by atoms with Gasteiger partial charge < -0.3 is 4.52 Å². The van der Waals surface area contributed by atoms with E-state index >= 15 is 0 Å². The zero-order chi connectivity index (χ0) is 9.14. The Morgan fingerprint density at radius 1 is 1.75 bits per heavy atom. The van der Waals surface area contributed by atoms with Gasteiger partial charge in [-0.15, -0.1) is 0 Å². The molecule has 0 N–H and O–H groups in total. The summed E-state index contributed by atoms with van der Waals surface area (Å²) in [6.07, 6.45) is 0. The molecule has 66 valence electrons. The van der Waals surface area contributed by atoms with Crippen LogP contribution in [0.2, 0.25) is 0 Å². The van der Waals surface area contributed by atoms with E-state index in [2.05, 4.69) is 11.7 Å². The summed E-state index contributed by atoms with van der Waals surface area (Å²) in [5, 5.41) is 5.31. The van der Waals surface area contributed by atoms with Crippen LogP contribution >= 0.6 is 0 Å². The molecule has 0 amide bonds. The summed E-state index contributed by atoms with van der Waals surface area (Å²) in [7, 11) is 3.32. The highest BCUT2D eigenvalue weighted by Crippen LogP contribution is 2.14. The van der Waals surface area contributed by atoms with Gasteiger partial charge in [0, 0.05) is 13.1 Å². The predicted octanol–water partition coefficient (Wildman–Crippen LogP) is 1.45. The lowest BCUT2D eigenvalue weighted by Gasteiger charge is -2.15. The Kier molecular flexibility index (Phi) is 2.50. The molecule has 4 heteroatoms. The van der Waals surface area contributed by atoms with Gasteiger partial charge in [-0.05, 0) is 6.92 Å². The minimum atomic E-state index is 0.675. The molecule has 0 atom stereocenters. The molecule has 0 saturated carbocycles. The second-order valence-corrected chi connectivity index (χ2v) is 2.45. The lowest BCUT2D eigenvalue weighted by Crippen LogP contribution is -2.13. The smallest absolute Gasteiger partial charge is 0.134 e. The molecule has 4 nitrogen and oxygen atoms in total. The van der Waals surface area contributed by atoms with Gasteiger partial charge >= 0.3 is 0 Å². The molecule has 0 fully saturated rings. The molecule has 12 heavy (non-hydrogen) atoms. The third-order valence-corrected chi connectivity index (χ3v) is 1.58. The Labute approximate surface area is 71.4 Å². The first-order valence-electron chi connectivity index (χ1n) is 3.55. The molecule has 0 radical (unpaired) electrons. The molecular formula is C8H12N2O2. The summed E-state index contributed by atoms with van der Waals surface area (Å²) in [5.41, 5.74) is 1.37. The number of hydroxylamine groups is 2. The Bertz CT molecular complexity index is 280. The van der Waals surface area contributed by atoms with Crippen molar-refractivity contribution >= 4 is 5.70 Å². The van der Waals surface area contributed by atoms with Gasteiger partial charge in [0.15, 0.2) is 0 Å². The maximum absolute atomic E-state index is 4.93. The molecule has 1 aromatic heterocycles. The standard InChI is InChI=1S/C8H12N2O2/c1-6-5-8(9-12-6)7(2)10(3)11-4/h5H,2H2,1,3-4H3. The van der Waals surface area contributed by atoms with Crippen LogP contribution in [0.1, 0.15) is 11.5 Å². The van der Waals surface area contributed by atoms with Crippen molar-refractivity contribution < 1.29 is 9.36 Å². The highest BCUT2D eigenvalue weighted by Gasteiger charge is 2.08. The third kappa shape index (κ3) is 1.65. The number of aromatic nitrogens is 1. The number of aryl methyl sites for hydroxylation is 1. The van der Waals surface area contributed by atoms with Crippen molar-refractivity contribution in [1.29, 1.82) is 0 Å². The summed E-state index contributed by atoms with van der Waals surface area (Å²) in [5.74, 6) is 0.760. The first kappa shape index (κ1) is 8.80. The van der Waals surface area contributed by atoms with Crippen molar-refractivity contribution in [2.24, 2.45) is 0 Å². The van der Waals surface area contributed by atoms with E-state index in [0.29, 0.717) is 11.4 Å². The average molecular weight is 168 g/mol. The maximum atomic E-state index is 4.93. The Hall–Kier alpha value is -1.29. The van der Waals surface area contributed by atoms with Crippen LogP contribution in [-0.4, -0.2) is 24.4 Å². The zero-order valence-corrected chi connectivity index (χ0v) is 7.50. The van der Waals surface area contributed by atoms with Crippen LogP contribution in [0.3, 0.4) is 0 Å². The van der Waals surface area contributed by atoms with Gasteiger partial charge in [-0.3, -0.25) is 9.90 Å². The fourth-order valence-corrected chi connectivity index (χ4v) is 0.774. The van der Waals surface area contributed by atoms with Crippen molar-refractivity contribution in [2.45, 2.75) is 6.92 Å². The molecule has 0 aliphatic heterocycles. The second kappa shape index (κ2) is 3.40. The average Bonchev–Trinajstić information content (AvgIpc) is 2.49. The normalized spacial score (nSPS) is 9.92.